The van der Waals surface area contributed by atoms with E-state index in [1.54, 1.807) is 18.6 Å². The largest absolute Gasteiger partial charge is 0.364 e. The molecule has 41 heavy (non-hydrogen) atoms. The Labute approximate surface area is 233 Å². The van der Waals surface area contributed by atoms with Crippen LogP contribution < -0.4 is 0 Å². The molecule has 17 heteroatoms. The van der Waals surface area contributed by atoms with Gasteiger partial charge in [0.1, 0.15) is 53.4 Å². The number of ether oxygens (including phenoxy) is 1. The maximum atomic E-state index is 7.46. The minimum atomic E-state index is -1.48. The number of nitrogens with one attached hydrogen (secondary N) is 5. The van der Waals surface area contributed by atoms with Crippen molar-refractivity contribution >= 4 is 11.3 Å². The number of imidazole rings is 1. The average molecular weight is 566 g/mol. The molecule has 5 N–H and O–H groups in total. The quantitative estimate of drug-likeness (QED) is 0.186. The molecule has 0 radical (unpaired) electrons. The number of hydrogen-bond acceptors (Lipinski definition) is 12. The van der Waals surface area contributed by atoms with Crippen LogP contribution in [0.4, 0.5) is 0 Å². The first kappa shape index (κ1) is 23.5. The van der Waals surface area contributed by atoms with Crippen LogP contribution in [0.3, 0.4) is 0 Å². The van der Waals surface area contributed by atoms with Crippen molar-refractivity contribution < 1.29 is 4.74 Å². The Bertz CT molecular complexity index is 1750. The third kappa shape index (κ3) is 2.85. The molecule has 1 aliphatic rings. The topological polar surface area (TPSA) is 217 Å². The summed E-state index contributed by atoms with van der Waals surface area (Å²) in [5, 5.41) is 32.9. The summed E-state index contributed by atoms with van der Waals surface area (Å²) in [5.74, 6) is 1.44. The zero-order valence-electron chi connectivity index (χ0n) is 20.9. The van der Waals surface area contributed by atoms with Crippen LogP contribution in [0, 0.1) is 0 Å². The van der Waals surface area contributed by atoms with Gasteiger partial charge in [-0.15, -0.1) is 21.5 Å². The van der Waals surface area contributed by atoms with Crippen LogP contribution in [0.5, 0.6) is 0 Å². The first-order valence-electron chi connectivity index (χ1n) is 12.4. The molecule has 16 nitrogen and oxygen atoms in total. The van der Waals surface area contributed by atoms with E-state index in [1.165, 1.54) is 30.3 Å². The van der Waals surface area contributed by atoms with Gasteiger partial charge in [-0.3, -0.25) is 10.2 Å². The Morgan fingerprint density at radius 2 is 1.78 bits per heavy atom. The molecule has 7 aromatic rings. The Kier molecular flexibility index (Phi) is 5.03. The summed E-state index contributed by atoms with van der Waals surface area (Å²) in [6.45, 7) is 0. The van der Waals surface area contributed by atoms with Crippen LogP contribution in [0.25, 0.3) is 0 Å². The molecule has 1 fully saturated rings. The van der Waals surface area contributed by atoms with Gasteiger partial charge in [0.2, 0.25) is 0 Å². The Morgan fingerprint density at radius 3 is 2.44 bits per heavy atom. The third-order valence-corrected chi connectivity index (χ3v) is 8.61. The predicted molar refractivity (Wildman–Crippen MR) is 139 cm³/mol. The van der Waals surface area contributed by atoms with E-state index in [9.17, 15) is 0 Å². The van der Waals surface area contributed by atoms with Gasteiger partial charge in [0, 0.05) is 35.4 Å². The molecule has 0 spiro atoms. The smallest absolute Gasteiger partial charge is 0.191 e. The lowest BCUT2D eigenvalue weighted by molar-refractivity contribution is -0.0435. The second kappa shape index (κ2) is 8.80. The lowest BCUT2D eigenvalue weighted by Gasteiger charge is -2.47. The van der Waals surface area contributed by atoms with Gasteiger partial charge in [0.25, 0.3) is 0 Å². The molecule has 8 heterocycles. The summed E-state index contributed by atoms with van der Waals surface area (Å²) in [6.07, 6.45) is 10.2. The normalized spacial score (nSPS) is 26.0. The lowest BCUT2D eigenvalue weighted by atomic mass is 9.51. The van der Waals surface area contributed by atoms with Crippen molar-refractivity contribution in [2.45, 2.75) is 22.5 Å². The predicted octanol–water partition coefficient (Wildman–Crippen LogP) is 1.33. The van der Waals surface area contributed by atoms with Crippen molar-refractivity contribution in [1.29, 1.82) is 0 Å². The van der Waals surface area contributed by atoms with Gasteiger partial charge < -0.3 is 14.7 Å². The standard InChI is InChI=1S/C24H19N15OS/c1-3-14(26-6-1)23(21-36-38-39-37-21)22(20-31-13-33-35-20,19-29-11-25-12-30-19)17(18-27-8-9-28-18)40-24(23,15-5-7-32-34-15)16-4-2-10-41-16/h1-13,17,26H,(H,27,28)(H,32,34)(H,31,33,35)(H,36,37,38,39). The monoisotopic (exact) mass is 565 g/mol. The molecule has 1 saturated heterocycles. The summed E-state index contributed by atoms with van der Waals surface area (Å²) in [6, 6.07) is 9.64. The molecule has 8 rings (SSSR count). The van der Waals surface area contributed by atoms with Crippen LogP contribution in [-0.2, 0) is 21.2 Å². The molecule has 202 valence electrons. The number of rotatable bonds is 7. The molecular formula is C24H19N15OS. The molecule has 0 saturated carbocycles. The number of H-pyrrole nitrogens is 5. The fraction of sp³-hybridized carbons (Fsp3) is 0.167. The van der Waals surface area contributed by atoms with E-state index in [-0.39, 0.29) is 5.82 Å². The van der Waals surface area contributed by atoms with E-state index < -0.39 is 22.5 Å². The van der Waals surface area contributed by atoms with Crippen LogP contribution in [0.15, 0.2) is 79.5 Å². The Balaban J connectivity index is 1.67. The van der Waals surface area contributed by atoms with Crippen molar-refractivity contribution in [2.24, 2.45) is 0 Å². The molecule has 4 atom stereocenters. The first-order valence-corrected chi connectivity index (χ1v) is 13.3. The van der Waals surface area contributed by atoms with Gasteiger partial charge in [0.15, 0.2) is 11.4 Å². The van der Waals surface area contributed by atoms with Crippen LogP contribution >= 0.6 is 11.3 Å². The third-order valence-electron chi connectivity index (χ3n) is 7.64. The molecule has 4 unspecified atom stereocenters. The zero-order valence-corrected chi connectivity index (χ0v) is 21.7. The van der Waals surface area contributed by atoms with Crippen LogP contribution in [0.2, 0.25) is 0 Å². The number of aromatic amines is 5. The van der Waals surface area contributed by atoms with Crippen molar-refractivity contribution in [2.75, 3.05) is 0 Å². The SMILES string of the molecule is c1c[nH]c(C2(c3nn[nH]n3)C(c3ccn[nH]3)(c3cccs3)OC(c3ncc[nH]3)C2(c2ncncn2)c2ncn[nH]2)c1. The second-order valence-electron chi connectivity index (χ2n) is 9.27. The number of aromatic nitrogens is 15. The molecular weight excluding hydrogens is 546 g/mol. The van der Waals surface area contributed by atoms with Gasteiger partial charge in [-0.1, -0.05) is 11.3 Å². The van der Waals surface area contributed by atoms with E-state index in [0.717, 1.165) is 4.88 Å². The number of thiophene rings is 1. The van der Waals surface area contributed by atoms with Crippen molar-refractivity contribution in [3.63, 3.8) is 0 Å². The Hall–Kier alpha value is -5.42. The highest BCUT2D eigenvalue weighted by Crippen LogP contribution is 2.72. The summed E-state index contributed by atoms with van der Waals surface area (Å²) in [7, 11) is 0. The van der Waals surface area contributed by atoms with Crippen molar-refractivity contribution in [1.82, 2.24) is 75.9 Å². The first-order chi connectivity index (χ1) is 20.3. The maximum Gasteiger partial charge on any atom is 0.191 e. The maximum absolute atomic E-state index is 7.46. The number of tetrazole rings is 1. The van der Waals surface area contributed by atoms with Gasteiger partial charge in [-0.2, -0.15) is 15.4 Å². The Morgan fingerprint density at radius 1 is 0.829 bits per heavy atom. The van der Waals surface area contributed by atoms with E-state index >= 15 is 0 Å². The van der Waals surface area contributed by atoms with E-state index in [4.69, 9.17) is 19.7 Å². The average Bonchev–Trinajstić information content (AvgIpc) is 3.85. The van der Waals surface area contributed by atoms with Crippen molar-refractivity contribution in [3.8, 4) is 0 Å². The zero-order chi connectivity index (χ0) is 27.3. The van der Waals surface area contributed by atoms with Gasteiger partial charge in [-0.25, -0.2) is 24.9 Å². The van der Waals surface area contributed by atoms with Gasteiger partial charge >= 0.3 is 0 Å². The highest BCUT2D eigenvalue weighted by molar-refractivity contribution is 7.10. The summed E-state index contributed by atoms with van der Waals surface area (Å²) in [4.78, 5) is 30.5. The second-order valence-corrected chi connectivity index (χ2v) is 10.2. The molecule has 1 aliphatic heterocycles. The highest BCUT2D eigenvalue weighted by Gasteiger charge is 2.83. The highest BCUT2D eigenvalue weighted by atomic mass is 32.1. The minimum Gasteiger partial charge on any atom is -0.364 e. The summed E-state index contributed by atoms with van der Waals surface area (Å²) >= 11 is 1.50. The van der Waals surface area contributed by atoms with E-state index in [2.05, 4.69) is 61.0 Å². The van der Waals surface area contributed by atoms with Gasteiger partial charge in [0.05, 0.1) is 5.69 Å². The molecule has 0 aromatic carbocycles. The summed E-state index contributed by atoms with van der Waals surface area (Å²) < 4.78 is 7.46. The van der Waals surface area contributed by atoms with E-state index in [0.29, 0.717) is 28.9 Å². The fourth-order valence-corrected chi connectivity index (χ4v) is 7.29. The fourth-order valence-electron chi connectivity index (χ4n) is 6.35. The molecule has 0 amide bonds. The summed E-state index contributed by atoms with van der Waals surface area (Å²) in [5.41, 5.74) is -3.08. The lowest BCUT2D eigenvalue weighted by Crippen LogP contribution is -2.60. The molecule has 0 aliphatic carbocycles. The number of nitrogens with zero attached hydrogens (tertiary/aromatic N) is 10. The van der Waals surface area contributed by atoms with E-state index in [1.807, 2.05) is 41.9 Å². The minimum absolute atomic E-state index is 0.272. The van der Waals surface area contributed by atoms with Crippen LogP contribution in [0.1, 0.15) is 45.7 Å². The van der Waals surface area contributed by atoms with Gasteiger partial charge in [-0.05, 0) is 29.6 Å². The number of hydrogen-bond donors (Lipinski definition) is 5. The molecule has 0 bridgehead atoms. The molecule has 7 aromatic heterocycles. The van der Waals surface area contributed by atoms with Crippen LogP contribution in [-0.4, -0.2) is 75.9 Å². The van der Waals surface area contributed by atoms with Crippen molar-refractivity contribution in [3.05, 3.63) is 119 Å².